The highest BCUT2D eigenvalue weighted by Crippen LogP contribution is 2.12. The highest BCUT2D eigenvalue weighted by atomic mass is 16.4. The molecule has 0 unspecified atom stereocenters. The third-order valence-electron chi connectivity index (χ3n) is 5.02. The zero-order valence-corrected chi connectivity index (χ0v) is 16.8. The van der Waals surface area contributed by atoms with Crippen molar-refractivity contribution in [1.29, 1.82) is 0 Å². The highest BCUT2D eigenvalue weighted by molar-refractivity contribution is 5.66. The summed E-state index contributed by atoms with van der Waals surface area (Å²) in [4.78, 5) is 10.5. The van der Waals surface area contributed by atoms with E-state index in [0.717, 1.165) is 17.3 Å². The zero-order valence-electron chi connectivity index (χ0n) is 16.8. The normalized spacial score (nSPS) is 11.8. The van der Waals surface area contributed by atoms with Crippen molar-refractivity contribution in [2.24, 2.45) is 0 Å². The summed E-state index contributed by atoms with van der Waals surface area (Å²) in [6.45, 7) is 4.79. The third kappa shape index (κ3) is 17.8. The van der Waals surface area contributed by atoms with Gasteiger partial charge < -0.3 is 9.59 Å². The molecule has 0 saturated carbocycles. The van der Waals surface area contributed by atoms with Gasteiger partial charge in [0.1, 0.15) is 0 Å². The van der Waals surface area contributed by atoms with Gasteiger partial charge in [0.15, 0.2) is 0 Å². The number of carbonyl (C=O) groups is 1. The van der Waals surface area contributed by atoms with Gasteiger partial charge in [-0.05, 0) is 32.1 Å². The molecule has 0 amide bonds. The van der Waals surface area contributed by atoms with Crippen molar-refractivity contribution >= 4 is 5.97 Å². The van der Waals surface area contributed by atoms with Gasteiger partial charge in [-0.25, -0.2) is 0 Å². The summed E-state index contributed by atoms with van der Waals surface area (Å²) in [6.07, 6.45) is 18.7. The molecule has 0 fully saturated rings. The van der Waals surface area contributed by atoms with Crippen molar-refractivity contribution < 1.29 is 14.4 Å². The van der Waals surface area contributed by atoms with Gasteiger partial charge in [-0.2, -0.15) is 0 Å². The van der Waals surface area contributed by atoms with Crippen LogP contribution >= 0.6 is 0 Å². The second kappa shape index (κ2) is 15.9. The van der Waals surface area contributed by atoms with Crippen molar-refractivity contribution in [3.05, 3.63) is 0 Å². The Morgan fingerprint density at radius 2 is 1.04 bits per heavy atom. The number of rotatable bonds is 18. The molecule has 0 atom stereocenters. The van der Waals surface area contributed by atoms with E-state index < -0.39 is 5.97 Å². The molecule has 0 aliphatic carbocycles. The number of hydrogen-bond donors (Lipinski definition) is 1. The van der Waals surface area contributed by atoms with Crippen LogP contribution in [-0.4, -0.2) is 42.7 Å². The molecule has 0 aliphatic heterocycles. The summed E-state index contributed by atoms with van der Waals surface area (Å²) < 4.78 is 1.12. The van der Waals surface area contributed by atoms with E-state index in [9.17, 15) is 4.79 Å². The summed E-state index contributed by atoms with van der Waals surface area (Å²) in [7, 11) is 4.68. The Hall–Kier alpha value is -0.570. The van der Waals surface area contributed by atoms with Crippen molar-refractivity contribution in [2.45, 2.75) is 103 Å². The lowest BCUT2D eigenvalue weighted by Crippen LogP contribution is -2.41. The molecule has 1 N–H and O–H groups in total. The molecule has 0 aliphatic rings. The van der Waals surface area contributed by atoms with E-state index in [2.05, 4.69) is 21.0 Å². The number of aliphatic carboxylic acids is 1. The van der Waals surface area contributed by atoms with Crippen LogP contribution in [0.25, 0.3) is 0 Å². The number of hydrogen-bond acceptors (Lipinski definition) is 1. The second-order valence-electron chi connectivity index (χ2n) is 8.12. The molecule has 0 rings (SSSR count). The monoisotopic (exact) mass is 342 g/mol. The fourth-order valence-electron chi connectivity index (χ4n) is 3.31. The first kappa shape index (κ1) is 23.4. The molecule has 3 heteroatoms. The molecule has 24 heavy (non-hydrogen) atoms. The molecule has 0 spiro atoms. The number of nitrogens with zero attached hydrogens (tertiary/aromatic N) is 1. The average molecular weight is 343 g/mol. The Labute approximate surface area is 151 Å². The van der Waals surface area contributed by atoms with Crippen LogP contribution in [0, 0.1) is 0 Å². The molecule has 0 radical (unpaired) electrons. The predicted molar refractivity (Wildman–Crippen MR) is 104 cm³/mol. The number of carboxylic acid groups (broad SMARTS) is 1. The van der Waals surface area contributed by atoms with Crippen molar-refractivity contribution in [3.63, 3.8) is 0 Å². The minimum Gasteiger partial charge on any atom is -0.481 e. The molecule has 0 aromatic carbocycles. The molecular weight excluding hydrogens is 298 g/mol. The van der Waals surface area contributed by atoms with E-state index in [0.29, 0.717) is 6.42 Å². The maximum atomic E-state index is 10.5. The van der Waals surface area contributed by atoms with Gasteiger partial charge in [0.05, 0.1) is 27.2 Å². The van der Waals surface area contributed by atoms with Crippen LogP contribution in [0.5, 0.6) is 0 Å². The summed E-state index contributed by atoms with van der Waals surface area (Å²) in [5.74, 6) is -0.660. The summed E-state index contributed by atoms with van der Waals surface area (Å²) in [6, 6.07) is 0. The maximum Gasteiger partial charge on any atom is 0.303 e. The fraction of sp³-hybridized carbons (Fsp3) is 0.952. The van der Waals surface area contributed by atoms with Gasteiger partial charge in [0.2, 0.25) is 0 Å². The SMILES string of the molecule is CCCCCCCCCCCC[N+](C)(C)CCCCCCC(=O)O. The van der Waals surface area contributed by atoms with Crippen LogP contribution < -0.4 is 0 Å². The topological polar surface area (TPSA) is 37.3 Å². The van der Waals surface area contributed by atoms with Crippen LogP contribution in [0.2, 0.25) is 0 Å². The molecular formula is C21H44NO2+. The number of quaternary nitrogens is 1. The Morgan fingerprint density at radius 1 is 0.667 bits per heavy atom. The highest BCUT2D eigenvalue weighted by Gasteiger charge is 2.13. The van der Waals surface area contributed by atoms with E-state index in [-0.39, 0.29) is 0 Å². The van der Waals surface area contributed by atoms with Gasteiger partial charge >= 0.3 is 5.97 Å². The van der Waals surface area contributed by atoms with Crippen LogP contribution in [0.3, 0.4) is 0 Å². The fourth-order valence-corrected chi connectivity index (χ4v) is 3.31. The minimum absolute atomic E-state index is 0.330. The molecule has 3 nitrogen and oxygen atoms in total. The Morgan fingerprint density at radius 3 is 1.46 bits per heavy atom. The first-order chi connectivity index (χ1) is 11.5. The lowest BCUT2D eigenvalue weighted by molar-refractivity contribution is -0.890. The Bertz CT molecular complexity index is 290. The summed E-state index contributed by atoms with van der Waals surface area (Å²) in [5.41, 5.74) is 0. The Kier molecular flexibility index (Phi) is 15.6. The maximum absolute atomic E-state index is 10.5. The zero-order chi connectivity index (χ0) is 18.1. The summed E-state index contributed by atoms with van der Waals surface area (Å²) in [5, 5.41) is 8.62. The van der Waals surface area contributed by atoms with E-state index in [1.165, 1.54) is 90.1 Å². The van der Waals surface area contributed by atoms with Gasteiger partial charge in [-0.3, -0.25) is 4.79 Å². The average Bonchev–Trinajstić information content (AvgIpc) is 2.52. The van der Waals surface area contributed by atoms with Gasteiger partial charge in [-0.1, -0.05) is 64.7 Å². The van der Waals surface area contributed by atoms with E-state index in [1.807, 2.05) is 0 Å². The number of unbranched alkanes of at least 4 members (excludes halogenated alkanes) is 12. The molecule has 0 aromatic rings. The third-order valence-corrected chi connectivity index (χ3v) is 5.02. The van der Waals surface area contributed by atoms with Crippen LogP contribution in [-0.2, 0) is 4.79 Å². The van der Waals surface area contributed by atoms with Crippen LogP contribution in [0.15, 0.2) is 0 Å². The smallest absolute Gasteiger partial charge is 0.303 e. The van der Waals surface area contributed by atoms with Crippen LogP contribution in [0.4, 0.5) is 0 Å². The van der Waals surface area contributed by atoms with Gasteiger partial charge in [0, 0.05) is 6.42 Å². The van der Waals surface area contributed by atoms with E-state index in [4.69, 9.17) is 5.11 Å². The van der Waals surface area contributed by atoms with Crippen molar-refractivity contribution in [1.82, 2.24) is 0 Å². The van der Waals surface area contributed by atoms with E-state index in [1.54, 1.807) is 0 Å². The first-order valence-corrected chi connectivity index (χ1v) is 10.5. The van der Waals surface area contributed by atoms with E-state index >= 15 is 0 Å². The molecule has 0 heterocycles. The lowest BCUT2D eigenvalue weighted by Gasteiger charge is -2.30. The van der Waals surface area contributed by atoms with Gasteiger partial charge in [0.25, 0.3) is 0 Å². The Balaban J connectivity index is 3.36. The van der Waals surface area contributed by atoms with Crippen LogP contribution in [0.1, 0.15) is 103 Å². The summed E-state index contributed by atoms with van der Waals surface area (Å²) >= 11 is 0. The molecule has 0 aromatic heterocycles. The molecule has 0 saturated heterocycles. The largest absolute Gasteiger partial charge is 0.481 e. The quantitative estimate of drug-likeness (QED) is 0.244. The molecule has 144 valence electrons. The predicted octanol–water partition coefficient (Wildman–Crippen LogP) is 6.02. The van der Waals surface area contributed by atoms with Crippen molar-refractivity contribution in [2.75, 3.05) is 27.2 Å². The lowest BCUT2D eigenvalue weighted by atomic mass is 10.1. The van der Waals surface area contributed by atoms with Gasteiger partial charge in [-0.15, -0.1) is 0 Å². The minimum atomic E-state index is -0.660. The standard InChI is InChI=1S/C21H43NO2/c1-4-5-6-7-8-9-10-11-13-16-19-22(2,3)20-17-14-12-15-18-21(23)24/h4-20H2,1-3H3/p+1. The molecule has 0 bridgehead atoms. The van der Waals surface area contributed by atoms with Crippen molar-refractivity contribution in [3.8, 4) is 0 Å². The first-order valence-electron chi connectivity index (χ1n) is 10.5. The number of carboxylic acids is 1. The second-order valence-corrected chi connectivity index (χ2v) is 8.12.